The molecule has 0 saturated heterocycles. The Morgan fingerprint density at radius 1 is 1.31 bits per heavy atom. The topological polar surface area (TPSA) is 115 Å². The standard InChI is InChI=1S/C16H15FN6O3/c1-10(23-6-5-13(20-23)15(25)26)14(24)19-16-18-9-22(21-16)8-11-3-2-4-12(17)7-11/h2-7,9-10H,8H2,1H3,(H,25,26)(H,19,21,24). The lowest BCUT2D eigenvalue weighted by atomic mass is 10.2. The number of carbonyl (C=O) groups excluding carboxylic acids is 1. The molecule has 26 heavy (non-hydrogen) atoms. The van der Waals surface area contributed by atoms with Crippen molar-refractivity contribution in [1.29, 1.82) is 0 Å². The fourth-order valence-corrected chi connectivity index (χ4v) is 2.25. The molecule has 0 bridgehead atoms. The van der Waals surface area contributed by atoms with Crippen LogP contribution < -0.4 is 5.32 Å². The molecule has 0 aliphatic heterocycles. The molecule has 2 heterocycles. The van der Waals surface area contributed by atoms with Crippen LogP contribution in [0.15, 0.2) is 42.9 Å². The molecule has 0 spiro atoms. The van der Waals surface area contributed by atoms with E-state index in [1.54, 1.807) is 19.1 Å². The molecule has 0 aliphatic rings. The van der Waals surface area contributed by atoms with Gasteiger partial charge in [-0.25, -0.2) is 18.9 Å². The lowest BCUT2D eigenvalue weighted by Crippen LogP contribution is -2.25. The average molecular weight is 358 g/mol. The first-order chi connectivity index (χ1) is 12.4. The largest absolute Gasteiger partial charge is 0.476 e. The van der Waals surface area contributed by atoms with Crippen molar-refractivity contribution in [2.75, 3.05) is 5.32 Å². The second kappa shape index (κ2) is 7.13. The SMILES string of the molecule is CC(C(=O)Nc1ncn(Cc2cccc(F)c2)n1)n1ccc(C(=O)O)n1. The molecule has 1 aromatic carbocycles. The summed E-state index contributed by atoms with van der Waals surface area (Å²) in [5.74, 6) is -1.88. The van der Waals surface area contributed by atoms with E-state index in [4.69, 9.17) is 5.11 Å². The third-order valence-corrected chi connectivity index (χ3v) is 3.61. The summed E-state index contributed by atoms with van der Waals surface area (Å²) in [6.07, 6.45) is 2.82. The maximum Gasteiger partial charge on any atom is 0.356 e. The lowest BCUT2D eigenvalue weighted by molar-refractivity contribution is -0.119. The van der Waals surface area contributed by atoms with Crippen LogP contribution in [0.25, 0.3) is 0 Å². The van der Waals surface area contributed by atoms with Gasteiger partial charge < -0.3 is 5.11 Å². The van der Waals surface area contributed by atoms with Gasteiger partial charge in [0, 0.05) is 6.20 Å². The monoisotopic (exact) mass is 358 g/mol. The number of nitrogens with zero attached hydrogens (tertiary/aromatic N) is 5. The molecule has 3 aromatic rings. The van der Waals surface area contributed by atoms with Crippen molar-refractivity contribution >= 4 is 17.8 Å². The molecule has 0 saturated carbocycles. The predicted octanol–water partition coefficient (Wildman–Crippen LogP) is 1.56. The van der Waals surface area contributed by atoms with E-state index in [0.717, 1.165) is 0 Å². The van der Waals surface area contributed by atoms with Crippen molar-refractivity contribution in [3.8, 4) is 0 Å². The number of hydrogen-bond acceptors (Lipinski definition) is 5. The molecule has 0 aliphatic carbocycles. The van der Waals surface area contributed by atoms with Crippen LogP contribution in [0.4, 0.5) is 10.3 Å². The van der Waals surface area contributed by atoms with Gasteiger partial charge in [0.25, 0.3) is 5.91 Å². The second-order valence-corrected chi connectivity index (χ2v) is 5.55. The zero-order valence-electron chi connectivity index (χ0n) is 13.7. The van der Waals surface area contributed by atoms with Crippen molar-refractivity contribution in [3.63, 3.8) is 0 Å². The minimum Gasteiger partial charge on any atom is -0.476 e. The van der Waals surface area contributed by atoms with E-state index in [-0.39, 0.29) is 17.5 Å². The minimum absolute atomic E-state index is 0.0869. The summed E-state index contributed by atoms with van der Waals surface area (Å²) in [7, 11) is 0. The summed E-state index contributed by atoms with van der Waals surface area (Å²) in [5, 5.41) is 19.3. The van der Waals surface area contributed by atoms with Gasteiger partial charge in [-0.1, -0.05) is 12.1 Å². The number of rotatable bonds is 6. The van der Waals surface area contributed by atoms with Gasteiger partial charge in [-0.3, -0.25) is 14.8 Å². The number of carboxylic acids is 1. The van der Waals surface area contributed by atoms with E-state index < -0.39 is 17.9 Å². The zero-order chi connectivity index (χ0) is 18.7. The summed E-state index contributed by atoms with van der Waals surface area (Å²) in [6.45, 7) is 1.87. The van der Waals surface area contributed by atoms with Crippen LogP contribution in [-0.2, 0) is 11.3 Å². The molecule has 3 rings (SSSR count). The van der Waals surface area contributed by atoms with Gasteiger partial charge in [0.1, 0.15) is 18.2 Å². The molecule has 1 unspecified atom stereocenters. The first-order valence-corrected chi connectivity index (χ1v) is 7.65. The summed E-state index contributed by atoms with van der Waals surface area (Å²) in [6, 6.07) is 6.64. The number of amides is 1. The average Bonchev–Trinajstić information content (AvgIpc) is 3.24. The Bertz CT molecular complexity index is 951. The molecule has 2 N–H and O–H groups in total. The van der Waals surface area contributed by atoms with E-state index >= 15 is 0 Å². The van der Waals surface area contributed by atoms with Crippen molar-refractivity contribution in [2.24, 2.45) is 0 Å². The summed E-state index contributed by atoms with van der Waals surface area (Å²) in [4.78, 5) is 27.1. The highest BCUT2D eigenvalue weighted by Gasteiger charge is 2.19. The van der Waals surface area contributed by atoms with Crippen LogP contribution in [0, 0.1) is 5.82 Å². The Kier molecular flexibility index (Phi) is 4.74. The van der Waals surface area contributed by atoms with E-state index in [2.05, 4.69) is 20.5 Å². The van der Waals surface area contributed by atoms with Gasteiger partial charge in [0.05, 0.1) is 6.54 Å². The normalized spacial score (nSPS) is 11.9. The number of aromatic carboxylic acids is 1. The Morgan fingerprint density at radius 2 is 2.12 bits per heavy atom. The molecule has 0 fully saturated rings. The Morgan fingerprint density at radius 3 is 2.81 bits per heavy atom. The maximum atomic E-state index is 13.2. The van der Waals surface area contributed by atoms with Crippen LogP contribution >= 0.6 is 0 Å². The third kappa shape index (κ3) is 3.91. The molecule has 9 nitrogen and oxygen atoms in total. The summed E-state index contributed by atoms with van der Waals surface area (Å²) < 4.78 is 15.9. The molecule has 1 amide bonds. The molecule has 10 heteroatoms. The van der Waals surface area contributed by atoms with Gasteiger partial charge in [0.2, 0.25) is 5.95 Å². The van der Waals surface area contributed by atoms with E-state index in [1.807, 2.05) is 0 Å². The number of hydrogen-bond donors (Lipinski definition) is 2. The van der Waals surface area contributed by atoms with Crippen molar-refractivity contribution in [2.45, 2.75) is 19.5 Å². The molecule has 2 aromatic heterocycles. The van der Waals surface area contributed by atoms with Gasteiger partial charge in [-0.05, 0) is 30.7 Å². The van der Waals surface area contributed by atoms with Gasteiger partial charge in [-0.15, -0.1) is 5.10 Å². The minimum atomic E-state index is -1.17. The first kappa shape index (κ1) is 17.3. The zero-order valence-corrected chi connectivity index (χ0v) is 13.7. The maximum absolute atomic E-state index is 13.2. The molecule has 0 radical (unpaired) electrons. The predicted molar refractivity (Wildman–Crippen MR) is 88.1 cm³/mol. The lowest BCUT2D eigenvalue weighted by Gasteiger charge is -2.10. The smallest absolute Gasteiger partial charge is 0.356 e. The van der Waals surface area contributed by atoms with Crippen molar-refractivity contribution in [1.82, 2.24) is 24.5 Å². The van der Waals surface area contributed by atoms with Crippen LogP contribution in [-0.4, -0.2) is 41.5 Å². The highest BCUT2D eigenvalue weighted by atomic mass is 19.1. The first-order valence-electron chi connectivity index (χ1n) is 7.65. The highest BCUT2D eigenvalue weighted by Crippen LogP contribution is 2.10. The summed E-state index contributed by atoms with van der Waals surface area (Å²) >= 11 is 0. The van der Waals surface area contributed by atoms with Crippen LogP contribution in [0.2, 0.25) is 0 Å². The van der Waals surface area contributed by atoms with Gasteiger partial charge >= 0.3 is 5.97 Å². The fourth-order valence-electron chi connectivity index (χ4n) is 2.25. The summed E-state index contributed by atoms with van der Waals surface area (Å²) in [5.41, 5.74) is 0.557. The van der Waals surface area contributed by atoms with Crippen molar-refractivity contribution < 1.29 is 19.1 Å². The van der Waals surface area contributed by atoms with E-state index in [0.29, 0.717) is 12.1 Å². The number of anilines is 1. The molecule has 1 atom stereocenters. The fraction of sp³-hybridized carbons (Fsp3) is 0.188. The number of carboxylic acid groups (broad SMARTS) is 1. The van der Waals surface area contributed by atoms with E-state index in [1.165, 1.54) is 40.1 Å². The number of aromatic nitrogens is 5. The van der Waals surface area contributed by atoms with Gasteiger partial charge in [-0.2, -0.15) is 5.10 Å². The number of nitrogens with one attached hydrogen (secondary N) is 1. The second-order valence-electron chi connectivity index (χ2n) is 5.55. The van der Waals surface area contributed by atoms with Crippen LogP contribution in [0.3, 0.4) is 0 Å². The van der Waals surface area contributed by atoms with Crippen LogP contribution in [0.1, 0.15) is 29.0 Å². The number of carbonyl (C=O) groups is 2. The van der Waals surface area contributed by atoms with Gasteiger partial charge in [0.15, 0.2) is 5.69 Å². The van der Waals surface area contributed by atoms with E-state index in [9.17, 15) is 14.0 Å². The van der Waals surface area contributed by atoms with Crippen LogP contribution in [0.5, 0.6) is 0 Å². The Hall–Kier alpha value is -3.56. The quantitative estimate of drug-likeness (QED) is 0.691. The Labute approximate surface area is 147 Å². The van der Waals surface area contributed by atoms with Crippen molar-refractivity contribution in [3.05, 3.63) is 59.9 Å². The molecular formula is C16H15FN6O3. The highest BCUT2D eigenvalue weighted by molar-refractivity contribution is 5.92. The number of benzene rings is 1. The third-order valence-electron chi connectivity index (χ3n) is 3.61. The number of halogens is 1. The Balaban J connectivity index is 1.64. The molecular weight excluding hydrogens is 343 g/mol. The molecule has 134 valence electrons.